The average molecular weight is 260 g/mol. The first kappa shape index (κ1) is 12.5. The van der Waals surface area contributed by atoms with E-state index in [2.05, 4.69) is 54.2 Å². The minimum absolute atomic E-state index is 0.132. The molecule has 1 atom stereocenters. The van der Waals surface area contributed by atoms with E-state index in [4.69, 9.17) is 0 Å². The van der Waals surface area contributed by atoms with Gasteiger partial charge in [-0.05, 0) is 17.2 Å². The minimum Gasteiger partial charge on any atom is -0.350 e. The number of aryl methyl sites for hydroxylation is 1. The van der Waals surface area contributed by atoms with E-state index < -0.39 is 0 Å². The zero-order chi connectivity index (χ0) is 13.9. The molecular formula is C18H16N2. The SMILES string of the molecule is Cn1cc([C@@H](CC#N)c2ccccc2)c2ccccc21. The number of hydrogen-bond acceptors (Lipinski definition) is 1. The molecule has 2 nitrogen and oxygen atoms in total. The molecule has 0 unspecified atom stereocenters. The molecular weight excluding hydrogens is 244 g/mol. The van der Waals surface area contributed by atoms with Gasteiger partial charge in [0.05, 0.1) is 6.07 Å². The van der Waals surface area contributed by atoms with Crippen LogP contribution in [0.1, 0.15) is 23.5 Å². The third kappa shape index (κ3) is 2.08. The smallest absolute Gasteiger partial charge is 0.0631 e. The summed E-state index contributed by atoms with van der Waals surface area (Å²) >= 11 is 0. The summed E-state index contributed by atoms with van der Waals surface area (Å²) in [6, 6.07) is 21.0. The molecule has 0 N–H and O–H groups in total. The summed E-state index contributed by atoms with van der Waals surface area (Å²) < 4.78 is 2.14. The molecule has 20 heavy (non-hydrogen) atoms. The van der Waals surface area contributed by atoms with Crippen LogP contribution in [0.15, 0.2) is 60.8 Å². The Balaban J connectivity index is 2.18. The molecule has 0 aliphatic heterocycles. The predicted molar refractivity (Wildman–Crippen MR) is 81.4 cm³/mol. The van der Waals surface area contributed by atoms with E-state index in [1.165, 1.54) is 22.0 Å². The summed E-state index contributed by atoms with van der Waals surface area (Å²) in [7, 11) is 2.06. The number of nitriles is 1. The Bertz CT molecular complexity index is 763. The zero-order valence-corrected chi connectivity index (χ0v) is 11.5. The van der Waals surface area contributed by atoms with Crippen LogP contribution in [0.3, 0.4) is 0 Å². The van der Waals surface area contributed by atoms with Crippen LogP contribution in [0.2, 0.25) is 0 Å². The molecule has 2 aromatic carbocycles. The van der Waals surface area contributed by atoms with Crippen LogP contribution in [0.4, 0.5) is 0 Å². The maximum absolute atomic E-state index is 9.18. The predicted octanol–water partition coefficient (Wildman–Crippen LogP) is 4.22. The molecule has 1 aromatic heterocycles. The number of nitrogens with zero attached hydrogens (tertiary/aromatic N) is 2. The molecule has 0 aliphatic rings. The molecule has 0 saturated carbocycles. The van der Waals surface area contributed by atoms with Crippen molar-refractivity contribution in [3.05, 3.63) is 71.9 Å². The fourth-order valence-electron chi connectivity index (χ4n) is 2.83. The van der Waals surface area contributed by atoms with Gasteiger partial charge in [-0.3, -0.25) is 0 Å². The largest absolute Gasteiger partial charge is 0.350 e. The van der Waals surface area contributed by atoms with E-state index in [1.807, 2.05) is 24.3 Å². The molecule has 0 aliphatic carbocycles. The molecule has 1 heterocycles. The lowest BCUT2D eigenvalue weighted by molar-refractivity contribution is 0.833. The van der Waals surface area contributed by atoms with Gasteiger partial charge < -0.3 is 4.57 Å². The highest BCUT2D eigenvalue weighted by Gasteiger charge is 2.18. The van der Waals surface area contributed by atoms with Crippen molar-refractivity contribution in [1.29, 1.82) is 5.26 Å². The first-order valence-electron chi connectivity index (χ1n) is 6.77. The van der Waals surface area contributed by atoms with Gasteiger partial charge >= 0.3 is 0 Å². The van der Waals surface area contributed by atoms with E-state index in [1.54, 1.807) is 0 Å². The summed E-state index contributed by atoms with van der Waals surface area (Å²) in [5.41, 5.74) is 3.64. The van der Waals surface area contributed by atoms with Crippen molar-refractivity contribution in [3.63, 3.8) is 0 Å². The lowest BCUT2D eigenvalue weighted by Crippen LogP contribution is -1.99. The standard InChI is InChI=1S/C18H16N2/c1-20-13-17(16-9-5-6-10-18(16)20)15(11-12-19)14-7-3-2-4-8-14/h2-10,13,15H,11H2,1H3/t15-/m0/s1. The second-order valence-corrected chi connectivity index (χ2v) is 5.04. The van der Waals surface area contributed by atoms with Gasteiger partial charge in [-0.15, -0.1) is 0 Å². The maximum Gasteiger partial charge on any atom is 0.0631 e. The van der Waals surface area contributed by atoms with Crippen molar-refractivity contribution in [3.8, 4) is 6.07 Å². The van der Waals surface area contributed by atoms with Crippen molar-refractivity contribution < 1.29 is 0 Å². The fraction of sp³-hybridized carbons (Fsp3) is 0.167. The quantitative estimate of drug-likeness (QED) is 0.693. The van der Waals surface area contributed by atoms with E-state index in [9.17, 15) is 5.26 Å². The third-order valence-electron chi connectivity index (χ3n) is 3.80. The van der Waals surface area contributed by atoms with Crippen LogP contribution in [-0.4, -0.2) is 4.57 Å². The van der Waals surface area contributed by atoms with Crippen molar-refractivity contribution in [2.45, 2.75) is 12.3 Å². The van der Waals surface area contributed by atoms with Gasteiger partial charge in [0, 0.05) is 36.5 Å². The summed E-state index contributed by atoms with van der Waals surface area (Å²) in [5, 5.41) is 10.4. The number of benzene rings is 2. The van der Waals surface area contributed by atoms with Crippen molar-refractivity contribution >= 4 is 10.9 Å². The molecule has 0 spiro atoms. The number of para-hydroxylation sites is 1. The summed E-state index contributed by atoms with van der Waals surface area (Å²) in [5.74, 6) is 0.132. The van der Waals surface area contributed by atoms with Gasteiger partial charge in [-0.2, -0.15) is 5.26 Å². The molecule has 3 rings (SSSR count). The number of aromatic nitrogens is 1. The number of fused-ring (bicyclic) bond motifs is 1. The van der Waals surface area contributed by atoms with Crippen LogP contribution in [-0.2, 0) is 7.05 Å². The lowest BCUT2D eigenvalue weighted by Gasteiger charge is -2.13. The molecule has 0 fully saturated rings. The highest BCUT2D eigenvalue weighted by molar-refractivity contribution is 5.85. The van der Waals surface area contributed by atoms with Crippen LogP contribution < -0.4 is 0 Å². The Morgan fingerprint density at radius 1 is 1.05 bits per heavy atom. The van der Waals surface area contributed by atoms with Crippen LogP contribution >= 0.6 is 0 Å². The fourth-order valence-corrected chi connectivity index (χ4v) is 2.83. The maximum atomic E-state index is 9.18. The van der Waals surface area contributed by atoms with Gasteiger partial charge in [0.25, 0.3) is 0 Å². The molecule has 98 valence electrons. The van der Waals surface area contributed by atoms with E-state index >= 15 is 0 Å². The van der Waals surface area contributed by atoms with E-state index in [0.29, 0.717) is 6.42 Å². The molecule has 3 aromatic rings. The topological polar surface area (TPSA) is 28.7 Å². The highest BCUT2D eigenvalue weighted by atomic mass is 14.9. The minimum atomic E-state index is 0.132. The third-order valence-corrected chi connectivity index (χ3v) is 3.80. The van der Waals surface area contributed by atoms with Crippen LogP contribution in [0.25, 0.3) is 10.9 Å². The first-order chi connectivity index (χ1) is 9.81. The normalized spacial score (nSPS) is 12.2. The van der Waals surface area contributed by atoms with E-state index in [0.717, 1.165) is 0 Å². The van der Waals surface area contributed by atoms with Crippen molar-refractivity contribution in [1.82, 2.24) is 4.57 Å². The second kappa shape index (κ2) is 5.22. The Morgan fingerprint density at radius 2 is 1.75 bits per heavy atom. The monoisotopic (exact) mass is 260 g/mol. The van der Waals surface area contributed by atoms with Crippen LogP contribution in [0, 0.1) is 11.3 Å². The summed E-state index contributed by atoms with van der Waals surface area (Å²) in [6.07, 6.45) is 2.65. The van der Waals surface area contributed by atoms with Gasteiger partial charge in [0.15, 0.2) is 0 Å². The Morgan fingerprint density at radius 3 is 2.50 bits per heavy atom. The Hall–Kier alpha value is -2.53. The average Bonchev–Trinajstić information content (AvgIpc) is 2.83. The molecule has 2 heteroatoms. The number of rotatable bonds is 3. The van der Waals surface area contributed by atoms with Gasteiger partial charge in [-0.25, -0.2) is 0 Å². The van der Waals surface area contributed by atoms with Gasteiger partial charge in [-0.1, -0.05) is 48.5 Å². The Labute approximate surface area is 118 Å². The first-order valence-corrected chi connectivity index (χ1v) is 6.77. The summed E-state index contributed by atoms with van der Waals surface area (Å²) in [6.45, 7) is 0. The molecule has 0 saturated heterocycles. The highest BCUT2D eigenvalue weighted by Crippen LogP contribution is 2.33. The van der Waals surface area contributed by atoms with E-state index in [-0.39, 0.29) is 5.92 Å². The molecule has 0 amide bonds. The van der Waals surface area contributed by atoms with Gasteiger partial charge in [0.1, 0.15) is 0 Å². The van der Waals surface area contributed by atoms with Gasteiger partial charge in [0.2, 0.25) is 0 Å². The second-order valence-electron chi connectivity index (χ2n) is 5.04. The molecule has 0 radical (unpaired) electrons. The number of hydrogen-bond donors (Lipinski definition) is 0. The summed E-state index contributed by atoms with van der Waals surface area (Å²) in [4.78, 5) is 0. The lowest BCUT2D eigenvalue weighted by atomic mass is 9.89. The molecule has 0 bridgehead atoms. The van der Waals surface area contributed by atoms with Crippen molar-refractivity contribution in [2.75, 3.05) is 0 Å². The zero-order valence-electron chi connectivity index (χ0n) is 11.5. The van der Waals surface area contributed by atoms with Crippen LogP contribution in [0.5, 0.6) is 0 Å². The van der Waals surface area contributed by atoms with Crippen molar-refractivity contribution in [2.24, 2.45) is 7.05 Å². The Kier molecular flexibility index (Phi) is 3.26.